The van der Waals surface area contributed by atoms with Crippen molar-refractivity contribution in [3.63, 3.8) is 0 Å². The highest BCUT2D eigenvalue weighted by Gasteiger charge is 2.22. The third kappa shape index (κ3) is 5.66. The maximum Gasteiger partial charge on any atom is 0.257 e. The Hall–Kier alpha value is -3.49. The molecule has 0 radical (unpaired) electrons. The summed E-state index contributed by atoms with van der Waals surface area (Å²) < 4.78 is 0. The minimum absolute atomic E-state index is 0.301. The number of carbonyl (C=O) groups excluding carboxylic acids is 2. The Bertz CT molecular complexity index is 1130. The molecule has 0 bridgehead atoms. The second-order valence-electron chi connectivity index (χ2n) is 8.12. The van der Waals surface area contributed by atoms with Gasteiger partial charge in [0.2, 0.25) is 0 Å². The van der Waals surface area contributed by atoms with Crippen molar-refractivity contribution in [2.75, 3.05) is 28.6 Å². The molecule has 1 fully saturated rings. The van der Waals surface area contributed by atoms with E-state index < -0.39 is 0 Å². The van der Waals surface area contributed by atoms with E-state index in [0.717, 1.165) is 18.9 Å². The minimum atomic E-state index is -0.320. The van der Waals surface area contributed by atoms with E-state index in [1.165, 1.54) is 12.4 Å². The standard InChI is InChI=1S/C24H25ClN6O2/c1-15-13-31(14-16(2)28-15)22-6-3-18(12-27-22)24(33)29-19-4-5-20(25)21(11-19)30-23(32)17-7-9-26-10-8-17/h3-12,15-16,28H,13-14H2,1-2H3,(H,29,33)(H,30,32). The van der Waals surface area contributed by atoms with E-state index in [1.54, 1.807) is 42.6 Å². The molecule has 0 aliphatic carbocycles. The largest absolute Gasteiger partial charge is 0.354 e. The van der Waals surface area contributed by atoms with Crippen molar-refractivity contribution in [2.24, 2.45) is 0 Å². The van der Waals surface area contributed by atoms with Crippen molar-refractivity contribution >= 4 is 40.6 Å². The summed E-state index contributed by atoms with van der Waals surface area (Å²) in [6.45, 7) is 6.01. The van der Waals surface area contributed by atoms with E-state index in [1.807, 2.05) is 6.07 Å². The highest BCUT2D eigenvalue weighted by atomic mass is 35.5. The molecular weight excluding hydrogens is 440 g/mol. The normalized spacial score (nSPS) is 18.0. The highest BCUT2D eigenvalue weighted by Crippen LogP contribution is 2.26. The lowest BCUT2D eigenvalue weighted by molar-refractivity contribution is 0.101. The molecular formula is C24H25ClN6O2. The van der Waals surface area contributed by atoms with Crippen molar-refractivity contribution in [1.29, 1.82) is 0 Å². The number of anilines is 3. The molecule has 1 aliphatic heterocycles. The number of carbonyl (C=O) groups is 2. The second kappa shape index (κ2) is 9.97. The smallest absolute Gasteiger partial charge is 0.257 e. The van der Waals surface area contributed by atoms with Crippen LogP contribution in [0.5, 0.6) is 0 Å². The number of hydrogen-bond acceptors (Lipinski definition) is 6. The molecule has 2 amide bonds. The van der Waals surface area contributed by atoms with E-state index in [9.17, 15) is 9.59 Å². The van der Waals surface area contributed by atoms with Gasteiger partial charge in [0.15, 0.2) is 0 Å². The number of nitrogens with zero attached hydrogens (tertiary/aromatic N) is 3. The number of amides is 2. The number of benzene rings is 1. The summed E-state index contributed by atoms with van der Waals surface area (Å²) in [7, 11) is 0. The Labute approximate surface area is 197 Å². The van der Waals surface area contributed by atoms with Gasteiger partial charge in [0.05, 0.1) is 16.3 Å². The van der Waals surface area contributed by atoms with Crippen molar-refractivity contribution in [2.45, 2.75) is 25.9 Å². The minimum Gasteiger partial charge on any atom is -0.354 e. The summed E-state index contributed by atoms with van der Waals surface area (Å²) in [4.78, 5) is 35.8. The molecule has 33 heavy (non-hydrogen) atoms. The molecule has 3 aromatic rings. The highest BCUT2D eigenvalue weighted by molar-refractivity contribution is 6.34. The number of piperazine rings is 1. The first-order valence-electron chi connectivity index (χ1n) is 10.7. The van der Waals surface area contributed by atoms with Gasteiger partial charge in [-0.3, -0.25) is 14.6 Å². The predicted molar refractivity (Wildman–Crippen MR) is 130 cm³/mol. The summed E-state index contributed by atoms with van der Waals surface area (Å²) in [6.07, 6.45) is 4.65. The molecule has 0 spiro atoms. The number of aromatic nitrogens is 2. The fraction of sp³-hybridized carbons (Fsp3) is 0.250. The van der Waals surface area contributed by atoms with E-state index in [2.05, 4.69) is 44.7 Å². The molecule has 3 heterocycles. The molecule has 9 heteroatoms. The zero-order chi connectivity index (χ0) is 23.4. The van der Waals surface area contributed by atoms with E-state index in [4.69, 9.17) is 11.6 Å². The van der Waals surface area contributed by atoms with Crippen LogP contribution in [0.4, 0.5) is 17.2 Å². The average molecular weight is 465 g/mol. The van der Waals surface area contributed by atoms with Gasteiger partial charge in [-0.1, -0.05) is 11.6 Å². The lowest BCUT2D eigenvalue weighted by Gasteiger charge is -2.36. The third-order valence-corrected chi connectivity index (χ3v) is 5.64. The zero-order valence-electron chi connectivity index (χ0n) is 18.4. The lowest BCUT2D eigenvalue weighted by Crippen LogP contribution is -2.54. The van der Waals surface area contributed by atoms with E-state index in [0.29, 0.717) is 39.6 Å². The van der Waals surface area contributed by atoms with Gasteiger partial charge in [-0.05, 0) is 56.3 Å². The molecule has 1 aromatic carbocycles. The van der Waals surface area contributed by atoms with Crippen molar-refractivity contribution < 1.29 is 9.59 Å². The van der Waals surface area contributed by atoms with Gasteiger partial charge < -0.3 is 20.9 Å². The Kier molecular flexibility index (Phi) is 6.86. The molecule has 170 valence electrons. The van der Waals surface area contributed by atoms with Crippen LogP contribution in [0.1, 0.15) is 34.6 Å². The zero-order valence-corrected chi connectivity index (χ0v) is 19.1. The summed E-state index contributed by atoms with van der Waals surface area (Å²) in [6, 6.07) is 12.5. The van der Waals surface area contributed by atoms with Crippen LogP contribution in [0.3, 0.4) is 0 Å². The Balaban J connectivity index is 1.43. The third-order valence-electron chi connectivity index (χ3n) is 5.31. The number of nitrogens with one attached hydrogen (secondary N) is 3. The fourth-order valence-electron chi connectivity index (χ4n) is 3.82. The fourth-order valence-corrected chi connectivity index (χ4v) is 3.99. The van der Waals surface area contributed by atoms with Gasteiger partial charge in [0.25, 0.3) is 11.8 Å². The topological polar surface area (TPSA) is 99.3 Å². The quantitative estimate of drug-likeness (QED) is 0.531. The average Bonchev–Trinajstić information content (AvgIpc) is 2.81. The first kappa shape index (κ1) is 22.7. The van der Waals surface area contributed by atoms with E-state index >= 15 is 0 Å². The summed E-state index contributed by atoms with van der Waals surface area (Å²) >= 11 is 6.23. The van der Waals surface area contributed by atoms with Crippen molar-refractivity contribution in [3.8, 4) is 0 Å². The number of rotatable bonds is 5. The van der Waals surface area contributed by atoms with E-state index in [-0.39, 0.29) is 11.8 Å². The molecule has 0 saturated carbocycles. The summed E-state index contributed by atoms with van der Waals surface area (Å²) in [5.74, 6) is 0.225. The van der Waals surface area contributed by atoms with Gasteiger partial charge >= 0.3 is 0 Å². The lowest BCUT2D eigenvalue weighted by atomic mass is 10.1. The van der Waals surface area contributed by atoms with Crippen LogP contribution >= 0.6 is 11.6 Å². The van der Waals surface area contributed by atoms with Gasteiger partial charge in [-0.25, -0.2) is 4.98 Å². The van der Waals surface area contributed by atoms with Gasteiger partial charge in [-0.2, -0.15) is 0 Å². The van der Waals surface area contributed by atoms with Crippen LogP contribution in [0.15, 0.2) is 61.1 Å². The molecule has 2 unspecified atom stereocenters. The maximum absolute atomic E-state index is 12.7. The molecule has 1 aliphatic rings. The Morgan fingerprint density at radius 2 is 1.67 bits per heavy atom. The summed E-state index contributed by atoms with van der Waals surface area (Å²) in [5.41, 5.74) is 1.79. The van der Waals surface area contributed by atoms with Crippen LogP contribution < -0.4 is 20.9 Å². The molecule has 8 nitrogen and oxygen atoms in total. The van der Waals surface area contributed by atoms with Crippen LogP contribution in [0.2, 0.25) is 5.02 Å². The van der Waals surface area contributed by atoms with Gasteiger partial charge in [0.1, 0.15) is 5.82 Å². The first-order chi connectivity index (χ1) is 15.9. The SMILES string of the molecule is CC1CN(c2ccc(C(=O)Nc3ccc(Cl)c(NC(=O)c4ccncc4)c3)cn2)CC(C)N1. The predicted octanol–water partition coefficient (Wildman–Crippen LogP) is 3.82. The molecule has 2 atom stereocenters. The first-order valence-corrected chi connectivity index (χ1v) is 11.1. The number of halogens is 1. The Morgan fingerprint density at radius 3 is 2.33 bits per heavy atom. The van der Waals surface area contributed by atoms with Crippen molar-refractivity contribution in [3.05, 3.63) is 77.2 Å². The number of hydrogen-bond donors (Lipinski definition) is 3. The van der Waals surface area contributed by atoms with Crippen LogP contribution in [0.25, 0.3) is 0 Å². The van der Waals surface area contributed by atoms with Crippen LogP contribution in [-0.4, -0.2) is 47.0 Å². The summed E-state index contributed by atoms with van der Waals surface area (Å²) in [5, 5.41) is 9.44. The van der Waals surface area contributed by atoms with Gasteiger partial charge in [-0.15, -0.1) is 0 Å². The monoisotopic (exact) mass is 464 g/mol. The number of pyridine rings is 2. The van der Waals surface area contributed by atoms with Crippen LogP contribution in [-0.2, 0) is 0 Å². The Morgan fingerprint density at radius 1 is 0.970 bits per heavy atom. The van der Waals surface area contributed by atoms with Crippen molar-refractivity contribution in [1.82, 2.24) is 15.3 Å². The molecule has 2 aromatic heterocycles. The van der Waals surface area contributed by atoms with Gasteiger partial charge in [0, 0.05) is 55.0 Å². The molecule has 4 rings (SSSR count). The second-order valence-corrected chi connectivity index (χ2v) is 8.52. The molecule has 3 N–H and O–H groups in total. The maximum atomic E-state index is 12.7. The van der Waals surface area contributed by atoms with Crippen LogP contribution in [0, 0.1) is 0 Å². The molecule has 1 saturated heterocycles.